The first-order chi connectivity index (χ1) is 19.9. The lowest BCUT2D eigenvalue weighted by molar-refractivity contribution is -0.122. The van der Waals surface area contributed by atoms with Crippen LogP contribution in [0.1, 0.15) is 51.3 Å². The van der Waals surface area contributed by atoms with Gasteiger partial charge < -0.3 is 24.4 Å². The number of ether oxygens (including phenoxy) is 3. The molecule has 3 aromatic rings. The van der Waals surface area contributed by atoms with E-state index in [9.17, 15) is 14.4 Å². The highest BCUT2D eigenvalue weighted by molar-refractivity contribution is 6.44. The molecule has 2 heterocycles. The van der Waals surface area contributed by atoms with Gasteiger partial charge >= 0.3 is 6.09 Å². The summed E-state index contributed by atoms with van der Waals surface area (Å²) in [7, 11) is 0. The lowest BCUT2D eigenvalue weighted by Crippen LogP contribution is -2.36. The number of nitrogens with one attached hydrogen (secondary N) is 1. The van der Waals surface area contributed by atoms with Crippen molar-refractivity contribution in [1.29, 1.82) is 0 Å². The van der Waals surface area contributed by atoms with Crippen LogP contribution in [-0.2, 0) is 20.9 Å². The third kappa shape index (κ3) is 5.92. The maximum absolute atomic E-state index is 13.8. The van der Waals surface area contributed by atoms with Gasteiger partial charge in [0.05, 0.1) is 17.0 Å². The number of nitrogens with zero attached hydrogens (tertiary/aromatic N) is 2. The van der Waals surface area contributed by atoms with Crippen molar-refractivity contribution in [1.82, 2.24) is 4.90 Å². The van der Waals surface area contributed by atoms with E-state index in [1.807, 2.05) is 58.0 Å². The summed E-state index contributed by atoms with van der Waals surface area (Å²) in [6.07, 6.45) is -0.379. The number of hydrogen-bond donors (Lipinski definition) is 1. The quantitative estimate of drug-likeness (QED) is 0.320. The van der Waals surface area contributed by atoms with Gasteiger partial charge in [0.15, 0.2) is 11.5 Å². The highest BCUT2D eigenvalue weighted by Gasteiger charge is 2.38. The van der Waals surface area contributed by atoms with Gasteiger partial charge in [-0.25, -0.2) is 9.69 Å². The molecule has 2 aliphatic heterocycles. The molecule has 9 nitrogen and oxygen atoms in total. The molecular formula is C32H32ClN3O6. The summed E-state index contributed by atoms with van der Waals surface area (Å²) in [4.78, 5) is 41.7. The number of anilines is 2. The van der Waals surface area contributed by atoms with E-state index in [1.165, 1.54) is 6.92 Å². The number of imide groups is 1. The summed E-state index contributed by atoms with van der Waals surface area (Å²) in [5, 5.41) is 3.82. The molecule has 5 rings (SSSR count). The van der Waals surface area contributed by atoms with Crippen molar-refractivity contribution in [2.45, 2.75) is 46.8 Å². The zero-order valence-electron chi connectivity index (χ0n) is 24.1. The van der Waals surface area contributed by atoms with Gasteiger partial charge in [-0.2, -0.15) is 0 Å². The van der Waals surface area contributed by atoms with Crippen LogP contribution in [0.2, 0.25) is 5.02 Å². The van der Waals surface area contributed by atoms with E-state index in [0.29, 0.717) is 63.4 Å². The summed E-state index contributed by atoms with van der Waals surface area (Å²) >= 11 is 6.25. The molecule has 2 aliphatic rings. The smallest absolute Gasteiger partial charge is 0.410 e. The molecule has 0 spiro atoms. The Balaban J connectivity index is 1.52. The highest BCUT2D eigenvalue weighted by atomic mass is 35.5. The van der Waals surface area contributed by atoms with Crippen molar-refractivity contribution in [3.63, 3.8) is 0 Å². The zero-order valence-corrected chi connectivity index (χ0v) is 24.9. The van der Waals surface area contributed by atoms with Gasteiger partial charge in [-0.3, -0.25) is 9.59 Å². The van der Waals surface area contributed by atoms with Gasteiger partial charge in [0, 0.05) is 41.9 Å². The van der Waals surface area contributed by atoms with Crippen LogP contribution in [0.4, 0.5) is 16.2 Å². The van der Waals surface area contributed by atoms with Gasteiger partial charge in [0.25, 0.3) is 5.91 Å². The number of carbonyl (C=O) groups is 3. The first-order valence-electron chi connectivity index (χ1n) is 13.6. The fourth-order valence-corrected chi connectivity index (χ4v) is 4.98. The molecule has 0 aliphatic carbocycles. The Morgan fingerprint density at radius 3 is 2.40 bits per heavy atom. The van der Waals surface area contributed by atoms with E-state index >= 15 is 0 Å². The topological polar surface area (TPSA) is 97.4 Å². The molecule has 0 saturated carbocycles. The first kappa shape index (κ1) is 29.0. The maximum Gasteiger partial charge on any atom is 0.410 e. The molecule has 0 fully saturated rings. The SMILES string of the molecule is CCN(Cc1ccc(N/C(=C2\C(=O)N(C(C)=O)c3cc(Cl)ccc32)c2ccc3c(c2)OCO3)cc1)C(=O)OC(C)(C)C. The van der Waals surface area contributed by atoms with Crippen LogP contribution < -0.4 is 19.7 Å². The number of carbonyl (C=O) groups excluding carboxylic acids is 3. The summed E-state index contributed by atoms with van der Waals surface area (Å²) in [6, 6.07) is 18.0. The minimum Gasteiger partial charge on any atom is -0.454 e. The zero-order chi connectivity index (χ0) is 30.2. The lowest BCUT2D eigenvalue weighted by atomic mass is 9.99. The van der Waals surface area contributed by atoms with Crippen molar-refractivity contribution in [3.8, 4) is 11.5 Å². The Morgan fingerprint density at radius 2 is 1.74 bits per heavy atom. The van der Waals surface area contributed by atoms with E-state index in [0.717, 1.165) is 10.5 Å². The molecule has 3 aromatic carbocycles. The van der Waals surface area contributed by atoms with Crippen LogP contribution in [0.15, 0.2) is 60.7 Å². The van der Waals surface area contributed by atoms with E-state index < -0.39 is 17.4 Å². The Morgan fingerprint density at radius 1 is 1.02 bits per heavy atom. The van der Waals surface area contributed by atoms with E-state index in [-0.39, 0.29) is 12.9 Å². The Labute approximate surface area is 249 Å². The average molecular weight is 590 g/mol. The van der Waals surface area contributed by atoms with Crippen molar-refractivity contribution in [3.05, 3.63) is 82.4 Å². The molecule has 0 radical (unpaired) electrons. The Hall–Kier alpha value is -4.50. The number of benzene rings is 3. The highest BCUT2D eigenvalue weighted by Crippen LogP contribution is 2.44. The molecule has 0 saturated heterocycles. The number of rotatable bonds is 6. The van der Waals surface area contributed by atoms with Crippen LogP contribution >= 0.6 is 11.6 Å². The number of hydrogen-bond acceptors (Lipinski definition) is 7. The number of halogens is 1. The number of fused-ring (bicyclic) bond motifs is 2. The Kier molecular flexibility index (Phi) is 7.88. The van der Waals surface area contributed by atoms with Gasteiger partial charge in [0.1, 0.15) is 5.60 Å². The van der Waals surface area contributed by atoms with Crippen LogP contribution in [-0.4, -0.2) is 41.7 Å². The summed E-state index contributed by atoms with van der Waals surface area (Å²) in [6.45, 7) is 9.73. The first-order valence-corrected chi connectivity index (χ1v) is 14.0. The molecule has 0 unspecified atom stereocenters. The standard InChI is InChI=1S/C32H32ClN3O6/c1-6-35(31(39)42-32(3,4)5)17-20-7-11-23(12-8-20)34-29(21-9-14-26-27(15-21)41-18-40-26)28-24-13-10-22(33)16-25(24)36(19(2)37)30(28)38/h7-16,34H,6,17-18H2,1-5H3/b29-28-. The second-order valence-corrected chi connectivity index (χ2v) is 11.4. The molecule has 0 bridgehead atoms. The van der Waals surface area contributed by atoms with Crippen LogP contribution in [0.3, 0.4) is 0 Å². The minimum atomic E-state index is -0.587. The monoisotopic (exact) mass is 589 g/mol. The van der Waals surface area contributed by atoms with E-state index in [2.05, 4.69) is 5.32 Å². The van der Waals surface area contributed by atoms with Crippen molar-refractivity contribution < 1.29 is 28.6 Å². The van der Waals surface area contributed by atoms with Crippen LogP contribution in [0.25, 0.3) is 11.3 Å². The maximum atomic E-state index is 13.8. The third-order valence-electron chi connectivity index (χ3n) is 6.74. The second-order valence-electron chi connectivity index (χ2n) is 11.0. The van der Waals surface area contributed by atoms with Crippen LogP contribution in [0, 0.1) is 0 Å². The van der Waals surface area contributed by atoms with Crippen molar-refractivity contribution >= 4 is 52.2 Å². The van der Waals surface area contributed by atoms with Crippen LogP contribution in [0.5, 0.6) is 11.5 Å². The fraction of sp³-hybridized carbons (Fsp3) is 0.281. The molecule has 10 heteroatoms. The molecule has 0 atom stereocenters. The predicted octanol–water partition coefficient (Wildman–Crippen LogP) is 6.70. The van der Waals surface area contributed by atoms with Gasteiger partial charge in [0.2, 0.25) is 12.7 Å². The molecule has 3 amide bonds. The average Bonchev–Trinajstić information content (AvgIpc) is 3.51. The third-order valence-corrected chi connectivity index (χ3v) is 6.98. The lowest BCUT2D eigenvalue weighted by Gasteiger charge is -2.26. The summed E-state index contributed by atoms with van der Waals surface area (Å²) in [5.41, 5.74) is 3.49. The van der Waals surface area contributed by atoms with E-state index in [4.69, 9.17) is 25.8 Å². The minimum absolute atomic E-state index is 0.107. The molecular weight excluding hydrogens is 558 g/mol. The summed E-state index contributed by atoms with van der Waals surface area (Å²) in [5.74, 6) is 0.272. The summed E-state index contributed by atoms with van der Waals surface area (Å²) < 4.78 is 16.6. The number of amides is 3. The predicted molar refractivity (Wildman–Crippen MR) is 161 cm³/mol. The molecule has 0 aromatic heterocycles. The van der Waals surface area contributed by atoms with Gasteiger partial charge in [-0.15, -0.1) is 0 Å². The normalized spacial score (nSPS) is 14.9. The molecule has 42 heavy (non-hydrogen) atoms. The van der Waals surface area contributed by atoms with Gasteiger partial charge in [-0.05, 0) is 75.7 Å². The van der Waals surface area contributed by atoms with Crippen molar-refractivity contribution in [2.75, 3.05) is 23.6 Å². The van der Waals surface area contributed by atoms with Crippen molar-refractivity contribution in [2.24, 2.45) is 0 Å². The van der Waals surface area contributed by atoms with Gasteiger partial charge in [-0.1, -0.05) is 29.8 Å². The fourth-order valence-electron chi connectivity index (χ4n) is 4.81. The Bertz CT molecular complexity index is 1590. The molecule has 218 valence electrons. The largest absolute Gasteiger partial charge is 0.454 e. The second kappa shape index (κ2) is 11.4. The van der Waals surface area contributed by atoms with E-state index in [1.54, 1.807) is 35.2 Å². The molecule has 1 N–H and O–H groups in total.